The van der Waals surface area contributed by atoms with Gasteiger partial charge in [-0.25, -0.2) is 0 Å². The number of amides is 1. The zero-order valence-electron chi connectivity index (χ0n) is 14.1. The molecule has 4 nitrogen and oxygen atoms in total. The minimum absolute atomic E-state index is 0.0339. The lowest BCUT2D eigenvalue weighted by Crippen LogP contribution is -2.54. The van der Waals surface area contributed by atoms with Crippen LogP contribution in [0.1, 0.15) is 64.2 Å². The molecule has 1 unspecified atom stereocenters. The summed E-state index contributed by atoms with van der Waals surface area (Å²) >= 11 is 0. The summed E-state index contributed by atoms with van der Waals surface area (Å²) in [4.78, 5) is 12.5. The molecule has 0 radical (unpaired) electrons. The largest absolute Gasteiger partial charge is 0.466 e. The van der Waals surface area contributed by atoms with Crippen molar-refractivity contribution in [1.29, 1.82) is 0 Å². The Bertz CT molecular complexity index is 529. The van der Waals surface area contributed by atoms with E-state index < -0.39 is 5.54 Å². The van der Waals surface area contributed by atoms with Crippen LogP contribution in [0.3, 0.4) is 0 Å². The van der Waals surface area contributed by atoms with E-state index in [1.54, 1.807) is 0 Å². The molecule has 1 atom stereocenters. The number of hydrogen-bond acceptors (Lipinski definition) is 3. The number of rotatable bonds is 4. The van der Waals surface area contributed by atoms with Gasteiger partial charge in [0.1, 0.15) is 11.5 Å². The van der Waals surface area contributed by atoms with Gasteiger partial charge in [-0.05, 0) is 45.2 Å². The maximum absolute atomic E-state index is 12.5. The first-order valence-electron chi connectivity index (χ1n) is 7.80. The van der Waals surface area contributed by atoms with Crippen LogP contribution in [0.25, 0.3) is 0 Å². The van der Waals surface area contributed by atoms with Crippen LogP contribution in [0.15, 0.2) is 10.5 Å². The molecule has 0 aliphatic heterocycles. The Labute approximate surface area is 127 Å². The summed E-state index contributed by atoms with van der Waals surface area (Å²) in [5, 5.41) is 6.43. The second-order valence-electron chi connectivity index (χ2n) is 7.46. The quantitative estimate of drug-likeness (QED) is 0.896. The number of carbonyl (C=O) groups excluding carboxylic acids is 1. The van der Waals surface area contributed by atoms with Gasteiger partial charge in [0.15, 0.2) is 0 Å². The molecular formula is C17H28N2O2. The van der Waals surface area contributed by atoms with Crippen molar-refractivity contribution in [2.24, 2.45) is 5.41 Å². The highest BCUT2D eigenvalue weighted by Crippen LogP contribution is 2.42. The van der Waals surface area contributed by atoms with Crippen molar-refractivity contribution in [3.63, 3.8) is 0 Å². The van der Waals surface area contributed by atoms with E-state index in [4.69, 9.17) is 4.42 Å². The average molecular weight is 292 g/mol. The van der Waals surface area contributed by atoms with Crippen molar-refractivity contribution in [3.8, 4) is 0 Å². The van der Waals surface area contributed by atoms with E-state index in [9.17, 15) is 4.79 Å². The molecule has 0 fully saturated rings. The van der Waals surface area contributed by atoms with E-state index in [-0.39, 0.29) is 17.4 Å². The minimum atomic E-state index is -0.560. The van der Waals surface area contributed by atoms with E-state index in [1.165, 1.54) is 0 Å². The van der Waals surface area contributed by atoms with Crippen LogP contribution in [0, 0.1) is 12.3 Å². The standard InChI is InChI=1S/C17H28N2O2/c1-7-18-17(5,6)15(20)19-13-9-16(3,4)10-14-12(13)8-11(2)21-14/h8,13,18H,7,9-10H2,1-6H3,(H,19,20). The Balaban J connectivity index is 2.21. The fraction of sp³-hybridized carbons (Fsp3) is 0.706. The molecule has 2 N–H and O–H groups in total. The smallest absolute Gasteiger partial charge is 0.240 e. The third kappa shape index (κ3) is 3.49. The van der Waals surface area contributed by atoms with Crippen LogP contribution in [0.5, 0.6) is 0 Å². The Morgan fingerprint density at radius 3 is 2.76 bits per heavy atom. The van der Waals surface area contributed by atoms with Gasteiger partial charge in [0, 0.05) is 12.0 Å². The molecule has 2 rings (SSSR count). The Morgan fingerprint density at radius 1 is 1.48 bits per heavy atom. The lowest BCUT2D eigenvalue weighted by molar-refractivity contribution is -0.127. The SMILES string of the molecule is CCNC(C)(C)C(=O)NC1CC(C)(C)Cc2oc(C)cc21. The van der Waals surface area contributed by atoms with Crippen LogP contribution in [-0.2, 0) is 11.2 Å². The zero-order chi connectivity index (χ0) is 15.8. The molecule has 1 heterocycles. The van der Waals surface area contributed by atoms with Gasteiger partial charge < -0.3 is 15.1 Å². The third-order valence-corrected chi connectivity index (χ3v) is 4.23. The fourth-order valence-electron chi connectivity index (χ4n) is 3.17. The van der Waals surface area contributed by atoms with Gasteiger partial charge in [0.05, 0.1) is 11.6 Å². The second-order valence-corrected chi connectivity index (χ2v) is 7.46. The average Bonchev–Trinajstić information content (AvgIpc) is 2.67. The van der Waals surface area contributed by atoms with Crippen LogP contribution in [0.4, 0.5) is 0 Å². The molecular weight excluding hydrogens is 264 g/mol. The predicted octanol–water partition coefficient (Wildman–Crippen LogP) is 3.11. The highest BCUT2D eigenvalue weighted by molar-refractivity contribution is 5.85. The highest BCUT2D eigenvalue weighted by Gasteiger charge is 2.37. The molecule has 0 saturated carbocycles. The van der Waals surface area contributed by atoms with Gasteiger partial charge in [0.2, 0.25) is 5.91 Å². The minimum Gasteiger partial charge on any atom is -0.466 e. The van der Waals surface area contributed by atoms with Crippen LogP contribution >= 0.6 is 0 Å². The van der Waals surface area contributed by atoms with Gasteiger partial charge in [-0.3, -0.25) is 4.79 Å². The van der Waals surface area contributed by atoms with E-state index in [2.05, 4.69) is 30.5 Å². The number of fused-ring (bicyclic) bond motifs is 1. The molecule has 0 saturated heterocycles. The summed E-state index contributed by atoms with van der Waals surface area (Å²) in [5.74, 6) is 1.98. The van der Waals surface area contributed by atoms with Crippen LogP contribution in [0.2, 0.25) is 0 Å². The molecule has 1 aliphatic rings. The number of nitrogens with one attached hydrogen (secondary N) is 2. The molecule has 21 heavy (non-hydrogen) atoms. The van der Waals surface area contributed by atoms with E-state index in [1.807, 2.05) is 27.7 Å². The summed E-state index contributed by atoms with van der Waals surface area (Å²) < 4.78 is 5.82. The summed E-state index contributed by atoms with van der Waals surface area (Å²) in [7, 11) is 0. The van der Waals surface area contributed by atoms with Gasteiger partial charge in [-0.15, -0.1) is 0 Å². The van der Waals surface area contributed by atoms with Crippen molar-refractivity contribution in [3.05, 3.63) is 23.2 Å². The molecule has 0 spiro atoms. The first-order chi connectivity index (χ1) is 9.64. The van der Waals surface area contributed by atoms with Crippen molar-refractivity contribution in [1.82, 2.24) is 10.6 Å². The zero-order valence-corrected chi connectivity index (χ0v) is 14.1. The summed E-state index contributed by atoms with van der Waals surface area (Å²) in [5.41, 5.74) is 0.722. The number of carbonyl (C=O) groups is 1. The van der Waals surface area contributed by atoms with Crippen molar-refractivity contribution in [2.45, 2.75) is 66.0 Å². The maximum atomic E-state index is 12.5. The number of likely N-dealkylation sites (N-methyl/N-ethyl adjacent to an activating group) is 1. The van der Waals surface area contributed by atoms with Gasteiger partial charge in [-0.1, -0.05) is 20.8 Å². The lowest BCUT2D eigenvalue weighted by atomic mass is 9.74. The van der Waals surface area contributed by atoms with E-state index in [0.29, 0.717) is 0 Å². The molecule has 0 bridgehead atoms. The maximum Gasteiger partial charge on any atom is 0.240 e. The van der Waals surface area contributed by atoms with Crippen LogP contribution < -0.4 is 10.6 Å². The van der Waals surface area contributed by atoms with E-state index >= 15 is 0 Å². The topological polar surface area (TPSA) is 54.3 Å². The normalized spacial score (nSPS) is 21.0. The van der Waals surface area contributed by atoms with Gasteiger partial charge in [-0.2, -0.15) is 0 Å². The number of hydrogen-bond donors (Lipinski definition) is 2. The lowest BCUT2D eigenvalue weighted by Gasteiger charge is -2.36. The number of furan rings is 1. The van der Waals surface area contributed by atoms with Crippen LogP contribution in [-0.4, -0.2) is 18.0 Å². The summed E-state index contributed by atoms with van der Waals surface area (Å²) in [6, 6.07) is 2.10. The monoisotopic (exact) mass is 292 g/mol. The summed E-state index contributed by atoms with van der Waals surface area (Å²) in [6.07, 6.45) is 1.87. The Kier molecular flexibility index (Phi) is 4.20. The van der Waals surface area contributed by atoms with Crippen molar-refractivity contribution < 1.29 is 9.21 Å². The molecule has 1 amide bonds. The Hall–Kier alpha value is -1.29. The van der Waals surface area contributed by atoms with Gasteiger partial charge in [0.25, 0.3) is 0 Å². The first-order valence-corrected chi connectivity index (χ1v) is 7.80. The highest BCUT2D eigenvalue weighted by atomic mass is 16.3. The fourth-order valence-corrected chi connectivity index (χ4v) is 3.17. The molecule has 118 valence electrons. The predicted molar refractivity (Wildman–Crippen MR) is 84.2 cm³/mol. The molecule has 0 aromatic carbocycles. The first kappa shape index (κ1) is 16.1. The van der Waals surface area contributed by atoms with Crippen molar-refractivity contribution >= 4 is 5.91 Å². The summed E-state index contributed by atoms with van der Waals surface area (Å²) in [6.45, 7) is 13.0. The second kappa shape index (κ2) is 5.48. The molecule has 4 heteroatoms. The molecule has 1 aliphatic carbocycles. The van der Waals surface area contributed by atoms with E-state index in [0.717, 1.165) is 36.5 Å². The molecule has 1 aromatic heterocycles. The number of aryl methyl sites for hydroxylation is 1. The van der Waals surface area contributed by atoms with Gasteiger partial charge >= 0.3 is 0 Å². The van der Waals surface area contributed by atoms with Crippen molar-refractivity contribution in [2.75, 3.05) is 6.54 Å². The third-order valence-electron chi connectivity index (χ3n) is 4.23. The molecule has 1 aromatic rings. The Morgan fingerprint density at radius 2 is 2.14 bits per heavy atom.